The Morgan fingerprint density at radius 1 is 1.05 bits per heavy atom. The fourth-order valence-corrected chi connectivity index (χ4v) is 1.86. The van der Waals surface area contributed by atoms with Crippen LogP contribution in [0.4, 0.5) is 16.2 Å². The minimum absolute atomic E-state index is 0.0585. The number of urea groups is 1. The summed E-state index contributed by atoms with van der Waals surface area (Å²) in [5.41, 5.74) is 2.16. The summed E-state index contributed by atoms with van der Waals surface area (Å²) in [5.74, 6) is -1.08. The van der Waals surface area contributed by atoms with Gasteiger partial charge in [0.1, 0.15) is 0 Å². The number of carbonyl (C=O) groups is 2. The number of amides is 2. The number of carbonyl (C=O) groups excluding carboxylic acids is 1. The van der Waals surface area contributed by atoms with Crippen molar-refractivity contribution in [1.82, 2.24) is 0 Å². The molecule has 0 saturated carbocycles. The Balaban J connectivity index is 2.18. The van der Waals surface area contributed by atoms with Crippen LogP contribution in [0.3, 0.4) is 0 Å². The average molecular weight is 284 g/mol. The summed E-state index contributed by atoms with van der Waals surface area (Å²) < 4.78 is 0. The van der Waals surface area contributed by atoms with Gasteiger partial charge in [-0.1, -0.05) is 29.8 Å². The number of carboxylic acid groups (broad SMARTS) is 1. The first-order valence-corrected chi connectivity index (χ1v) is 6.42. The maximum Gasteiger partial charge on any atom is 0.337 e. The minimum atomic E-state index is -1.08. The fourth-order valence-electron chi connectivity index (χ4n) is 1.86. The summed E-state index contributed by atoms with van der Waals surface area (Å²) in [5, 5.41) is 11.7. The van der Waals surface area contributed by atoms with E-state index in [1.165, 1.54) is 11.0 Å². The topological polar surface area (TPSA) is 69.6 Å². The van der Waals surface area contributed by atoms with Gasteiger partial charge in [-0.3, -0.25) is 4.90 Å². The number of hydrogen-bond donors (Lipinski definition) is 2. The van der Waals surface area contributed by atoms with E-state index in [1.54, 1.807) is 25.2 Å². The molecule has 2 N–H and O–H groups in total. The highest BCUT2D eigenvalue weighted by Crippen LogP contribution is 2.18. The molecular formula is C16H16N2O3. The maximum absolute atomic E-state index is 12.2. The SMILES string of the molecule is Cc1ccc(N(C)C(=O)Nc2ccccc2C(=O)O)cc1. The number of aromatic carboxylic acids is 1. The number of benzene rings is 2. The Morgan fingerprint density at radius 3 is 2.29 bits per heavy atom. The van der Waals surface area contributed by atoms with Crippen LogP contribution in [0.5, 0.6) is 0 Å². The Kier molecular flexibility index (Phi) is 4.23. The number of carboxylic acids is 1. The van der Waals surface area contributed by atoms with Crippen LogP contribution >= 0.6 is 0 Å². The van der Waals surface area contributed by atoms with Gasteiger partial charge >= 0.3 is 12.0 Å². The first kappa shape index (κ1) is 14.6. The Morgan fingerprint density at radius 2 is 1.67 bits per heavy atom. The zero-order valence-corrected chi connectivity index (χ0v) is 11.8. The van der Waals surface area contributed by atoms with Gasteiger partial charge in [-0.25, -0.2) is 9.59 Å². The van der Waals surface area contributed by atoms with Crippen molar-refractivity contribution in [3.05, 3.63) is 59.7 Å². The molecule has 0 aliphatic heterocycles. The summed E-state index contributed by atoms with van der Waals surface area (Å²) in [6.07, 6.45) is 0. The van der Waals surface area contributed by atoms with Crippen LogP contribution in [0, 0.1) is 6.92 Å². The van der Waals surface area contributed by atoms with Crippen molar-refractivity contribution >= 4 is 23.4 Å². The molecule has 0 aliphatic carbocycles. The standard InChI is InChI=1S/C16H16N2O3/c1-11-7-9-12(10-8-11)18(2)16(21)17-14-6-4-3-5-13(14)15(19)20/h3-10H,1-2H3,(H,17,21)(H,19,20). The fraction of sp³-hybridized carbons (Fsp3) is 0.125. The van der Waals surface area contributed by atoms with E-state index in [1.807, 2.05) is 31.2 Å². The summed E-state index contributed by atoms with van der Waals surface area (Å²) in [6, 6.07) is 13.4. The third-order valence-electron chi connectivity index (χ3n) is 3.12. The predicted molar refractivity (Wildman–Crippen MR) is 82.0 cm³/mol. The third-order valence-corrected chi connectivity index (χ3v) is 3.12. The molecule has 5 nitrogen and oxygen atoms in total. The summed E-state index contributed by atoms with van der Waals surface area (Å²) in [4.78, 5) is 24.7. The molecule has 5 heteroatoms. The lowest BCUT2D eigenvalue weighted by Crippen LogP contribution is -2.31. The molecule has 2 aromatic rings. The van der Waals surface area contributed by atoms with Crippen LogP contribution in [-0.4, -0.2) is 24.2 Å². The second-order valence-electron chi connectivity index (χ2n) is 4.68. The second-order valence-corrected chi connectivity index (χ2v) is 4.68. The van der Waals surface area contributed by atoms with Crippen molar-refractivity contribution in [1.29, 1.82) is 0 Å². The number of nitrogens with zero attached hydrogens (tertiary/aromatic N) is 1. The molecule has 0 radical (unpaired) electrons. The van der Waals surface area contributed by atoms with Crippen LogP contribution in [0.1, 0.15) is 15.9 Å². The molecule has 0 bridgehead atoms. The Labute approximate surface area is 122 Å². The van der Waals surface area contributed by atoms with Crippen molar-refractivity contribution in [2.75, 3.05) is 17.3 Å². The van der Waals surface area contributed by atoms with Crippen LogP contribution in [0.2, 0.25) is 0 Å². The molecule has 0 atom stereocenters. The quantitative estimate of drug-likeness (QED) is 0.908. The molecule has 0 saturated heterocycles. The molecule has 0 aliphatic rings. The Bertz CT molecular complexity index is 665. The van der Waals surface area contributed by atoms with Gasteiger partial charge in [0.05, 0.1) is 11.3 Å². The molecule has 2 amide bonds. The van der Waals surface area contributed by atoms with E-state index in [-0.39, 0.29) is 11.3 Å². The summed E-state index contributed by atoms with van der Waals surface area (Å²) in [6.45, 7) is 1.97. The lowest BCUT2D eigenvalue weighted by atomic mass is 10.2. The average Bonchev–Trinajstić information content (AvgIpc) is 2.47. The van der Waals surface area contributed by atoms with E-state index >= 15 is 0 Å². The lowest BCUT2D eigenvalue weighted by molar-refractivity contribution is 0.0698. The molecule has 0 fully saturated rings. The highest BCUT2D eigenvalue weighted by molar-refractivity contribution is 6.05. The first-order valence-electron chi connectivity index (χ1n) is 6.42. The largest absolute Gasteiger partial charge is 0.478 e. The molecule has 2 rings (SSSR count). The van der Waals surface area contributed by atoms with Crippen molar-refractivity contribution in [3.8, 4) is 0 Å². The molecular weight excluding hydrogens is 268 g/mol. The number of aryl methyl sites for hydroxylation is 1. The van der Waals surface area contributed by atoms with Gasteiger partial charge in [0.15, 0.2) is 0 Å². The normalized spacial score (nSPS) is 10.0. The van der Waals surface area contributed by atoms with E-state index in [0.29, 0.717) is 0 Å². The van der Waals surface area contributed by atoms with Gasteiger partial charge < -0.3 is 10.4 Å². The van der Waals surface area contributed by atoms with Crippen LogP contribution < -0.4 is 10.2 Å². The third kappa shape index (κ3) is 3.39. The molecule has 2 aromatic carbocycles. The number of para-hydroxylation sites is 1. The van der Waals surface area contributed by atoms with Gasteiger partial charge in [-0.2, -0.15) is 0 Å². The van der Waals surface area contributed by atoms with Gasteiger partial charge in [0.2, 0.25) is 0 Å². The molecule has 21 heavy (non-hydrogen) atoms. The maximum atomic E-state index is 12.2. The van der Waals surface area contributed by atoms with Crippen molar-refractivity contribution in [2.24, 2.45) is 0 Å². The Hall–Kier alpha value is -2.82. The van der Waals surface area contributed by atoms with Crippen molar-refractivity contribution in [3.63, 3.8) is 0 Å². The van der Waals surface area contributed by atoms with Gasteiger partial charge in [-0.15, -0.1) is 0 Å². The van der Waals surface area contributed by atoms with E-state index in [9.17, 15) is 9.59 Å². The molecule has 0 unspecified atom stereocenters. The van der Waals surface area contributed by atoms with E-state index < -0.39 is 12.0 Å². The van der Waals surface area contributed by atoms with E-state index in [2.05, 4.69) is 5.32 Å². The van der Waals surface area contributed by atoms with Crippen molar-refractivity contribution < 1.29 is 14.7 Å². The molecule has 0 aromatic heterocycles. The predicted octanol–water partition coefficient (Wildman–Crippen LogP) is 3.36. The highest BCUT2D eigenvalue weighted by atomic mass is 16.4. The van der Waals surface area contributed by atoms with Gasteiger partial charge in [0.25, 0.3) is 0 Å². The zero-order chi connectivity index (χ0) is 15.4. The number of rotatable bonds is 3. The van der Waals surface area contributed by atoms with Crippen LogP contribution in [-0.2, 0) is 0 Å². The van der Waals surface area contributed by atoms with E-state index in [0.717, 1.165) is 11.3 Å². The lowest BCUT2D eigenvalue weighted by Gasteiger charge is -2.19. The van der Waals surface area contributed by atoms with Gasteiger partial charge in [0, 0.05) is 12.7 Å². The first-order chi connectivity index (χ1) is 9.99. The number of hydrogen-bond acceptors (Lipinski definition) is 2. The number of nitrogens with one attached hydrogen (secondary N) is 1. The van der Waals surface area contributed by atoms with Crippen molar-refractivity contribution in [2.45, 2.75) is 6.92 Å². The number of anilines is 2. The minimum Gasteiger partial charge on any atom is -0.478 e. The summed E-state index contributed by atoms with van der Waals surface area (Å²) >= 11 is 0. The smallest absolute Gasteiger partial charge is 0.337 e. The molecule has 0 heterocycles. The molecule has 0 spiro atoms. The van der Waals surface area contributed by atoms with Crippen LogP contribution in [0.15, 0.2) is 48.5 Å². The van der Waals surface area contributed by atoms with Crippen LogP contribution in [0.25, 0.3) is 0 Å². The molecule has 108 valence electrons. The highest BCUT2D eigenvalue weighted by Gasteiger charge is 2.15. The zero-order valence-electron chi connectivity index (χ0n) is 11.8. The van der Waals surface area contributed by atoms with Gasteiger partial charge in [-0.05, 0) is 31.2 Å². The second kappa shape index (κ2) is 6.09. The monoisotopic (exact) mass is 284 g/mol. The summed E-state index contributed by atoms with van der Waals surface area (Å²) in [7, 11) is 1.63. The van der Waals surface area contributed by atoms with E-state index in [4.69, 9.17) is 5.11 Å².